The fraction of sp³-hybridized carbons (Fsp3) is 0.407. The molecule has 0 aliphatic carbocycles. The molecule has 0 radical (unpaired) electrons. The van der Waals surface area contributed by atoms with Gasteiger partial charge in [-0.25, -0.2) is 4.98 Å². The molecule has 1 saturated heterocycles. The van der Waals surface area contributed by atoms with Crippen LogP contribution in [0.4, 0.5) is 0 Å². The van der Waals surface area contributed by atoms with Crippen molar-refractivity contribution < 1.29 is 4.79 Å². The van der Waals surface area contributed by atoms with E-state index in [0.717, 1.165) is 40.5 Å². The Hall–Kier alpha value is -2.50. The number of amides is 1. The molecular weight excluding hydrogens is 414 g/mol. The summed E-state index contributed by atoms with van der Waals surface area (Å²) in [7, 11) is 0. The minimum absolute atomic E-state index is 0.00126. The van der Waals surface area contributed by atoms with Crippen molar-refractivity contribution in [3.63, 3.8) is 0 Å². The van der Waals surface area contributed by atoms with Gasteiger partial charge in [0.05, 0.1) is 5.69 Å². The summed E-state index contributed by atoms with van der Waals surface area (Å²) in [6, 6.07) is 19.7. The molecule has 2 heterocycles. The highest BCUT2D eigenvalue weighted by atomic mass is 32.1. The summed E-state index contributed by atoms with van der Waals surface area (Å²) in [5.41, 5.74) is 4.45. The van der Waals surface area contributed by atoms with Crippen LogP contribution in [-0.4, -0.2) is 41.5 Å². The van der Waals surface area contributed by atoms with E-state index in [9.17, 15) is 4.79 Å². The minimum Gasteiger partial charge on any atom is -0.351 e. The standard InChI is InChI=1S/C27H33N3OS/c1-20-9-6-7-17-30(20)18-8-16-28-26(31)25-21(2)29-27(32-25)24-14-12-23(13-15-24)19-22-10-4-3-5-11-22/h3-5,10-15,20H,6-9,16-19H2,1-2H3,(H,28,31). The van der Waals surface area contributed by atoms with Crippen LogP contribution in [0.15, 0.2) is 54.6 Å². The second-order valence-corrected chi connectivity index (χ2v) is 9.78. The Bertz CT molecular complexity index is 1010. The zero-order chi connectivity index (χ0) is 22.3. The molecular formula is C27H33N3OS. The van der Waals surface area contributed by atoms with E-state index in [1.54, 1.807) is 0 Å². The maximum atomic E-state index is 12.7. The van der Waals surface area contributed by atoms with Gasteiger partial charge in [-0.3, -0.25) is 4.79 Å². The second-order valence-electron chi connectivity index (χ2n) is 8.78. The van der Waals surface area contributed by atoms with Gasteiger partial charge in [0, 0.05) is 24.7 Å². The van der Waals surface area contributed by atoms with Crippen molar-refractivity contribution in [2.24, 2.45) is 0 Å². The molecule has 2 aromatic carbocycles. The molecule has 1 atom stereocenters. The zero-order valence-electron chi connectivity index (χ0n) is 19.1. The summed E-state index contributed by atoms with van der Waals surface area (Å²) in [6.07, 6.45) is 5.85. The van der Waals surface area contributed by atoms with Crippen LogP contribution >= 0.6 is 11.3 Å². The lowest BCUT2D eigenvalue weighted by Gasteiger charge is -2.33. The predicted octanol–water partition coefficient (Wildman–Crippen LogP) is 5.70. The number of aryl methyl sites for hydroxylation is 1. The van der Waals surface area contributed by atoms with Crippen LogP contribution in [0.1, 0.15) is 59.1 Å². The number of carbonyl (C=O) groups excluding carboxylic acids is 1. The van der Waals surface area contributed by atoms with Crippen molar-refractivity contribution in [1.82, 2.24) is 15.2 Å². The summed E-state index contributed by atoms with van der Waals surface area (Å²) in [4.78, 5) is 20.7. The summed E-state index contributed by atoms with van der Waals surface area (Å²) in [5.74, 6) is -0.00126. The fourth-order valence-electron chi connectivity index (χ4n) is 4.38. The topological polar surface area (TPSA) is 45.2 Å². The molecule has 1 fully saturated rings. The number of aromatic nitrogens is 1. The monoisotopic (exact) mass is 447 g/mol. The molecule has 1 aliphatic heterocycles. The number of nitrogens with one attached hydrogen (secondary N) is 1. The summed E-state index contributed by atoms with van der Waals surface area (Å²) >= 11 is 1.48. The summed E-state index contributed by atoms with van der Waals surface area (Å²) < 4.78 is 0. The average molecular weight is 448 g/mol. The van der Waals surface area contributed by atoms with E-state index in [1.807, 2.05) is 13.0 Å². The van der Waals surface area contributed by atoms with E-state index < -0.39 is 0 Å². The maximum absolute atomic E-state index is 12.7. The summed E-state index contributed by atoms with van der Waals surface area (Å²) in [6.45, 7) is 7.20. The van der Waals surface area contributed by atoms with Crippen LogP contribution in [-0.2, 0) is 6.42 Å². The second kappa shape index (κ2) is 10.9. The lowest BCUT2D eigenvalue weighted by Crippen LogP contribution is -2.39. The van der Waals surface area contributed by atoms with E-state index in [0.29, 0.717) is 12.6 Å². The van der Waals surface area contributed by atoms with Gasteiger partial charge in [-0.15, -0.1) is 11.3 Å². The number of rotatable bonds is 8. The molecule has 168 valence electrons. The zero-order valence-corrected chi connectivity index (χ0v) is 20.0. The van der Waals surface area contributed by atoms with Gasteiger partial charge >= 0.3 is 0 Å². The molecule has 4 rings (SSSR count). The maximum Gasteiger partial charge on any atom is 0.263 e. The lowest BCUT2D eigenvalue weighted by molar-refractivity contribution is 0.0952. The number of likely N-dealkylation sites (tertiary alicyclic amines) is 1. The first kappa shape index (κ1) is 22.7. The Kier molecular flexibility index (Phi) is 7.72. The number of nitrogens with zero attached hydrogens (tertiary/aromatic N) is 2. The molecule has 0 saturated carbocycles. The SMILES string of the molecule is Cc1nc(-c2ccc(Cc3ccccc3)cc2)sc1C(=O)NCCCN1CCCCC1C. The molecule has 1 N–H and O–H groups in total. The number of benzene rings is 2. The van der Waals surface area contributed by atoms with Gasteiger partial charge in [-0.05, 0) is 57.2 Å². The van der Waals surface area contributed by atoms with Crippen LogP contribution < -0.4 is 5.32 Å². The molecule has 1 aliphatic rings. The van der Waals surface area contributed by atoms with Gasteiger partial charge < -0.3 is 10.2 Å². The Morgan fingerprint density at radius 1 is 1.09 bits per heavy atom. The fourth-order valence-corrected chi connectivity index (χ4v) is 5.37. The Labute approximate surface area is 195 Å². The minimum atomic E-state index is -0.00126. The largest absolute Gasteiger partial charge is 0.351 e. The third-order valence-electron chi connectivity index (χ3n) is 6.30. The smallest absolute Gasteiger partial charge is 0.263 e. The number of carbonyl (C=O) groups is 1. The molecule has 32 heavy (non-hydrogen) atoms. The van der Waals surface area contributed by atoms with Crippen molar-refractivity contribution >= 4 is 17.2 Å². The molecule has 1 amide bonds. The van der Waals surface area contributed by atoms with E-state index in [4.69, 9.17) is 0 Å². The van der Waals surface area contributed by atoms with Crippen LogP contribution in [0, 0.1) is 6.92 Å². The number of piperidine rings is 1. The van der Waals surface area contributed by atoms with E-state index in [-0.39, 0.29) is 5.91 Å². The highest BCUT2D eigenvalue weighted by molar-refractivity contribution is 7.17. The van der Waals surface area contributed by atoms with E-state index in [2.05, 4.69) is 70.7 Å². The number of hydrogen-bond donors (Lipinski definition) is 1. The molecule has 1 aromatic heterocycles. The predicted molar refractivity (Wildman–Crippen MR) is 133 cm³/mol. The first-order chi connectivity index (χ1) is 15.6. The Morgan fingerprint density at radius 3 is 2.59 bits per heavy atom. The van der Waals surface area contributed by atoms with Gasteiger partial charge in [0.2, 0.25) is 0 Å². The summed E-state index contributed by atoms with van der Waals surface area (Å²) in [5, 5.41) is 4.00. The van der Waals surface area contributed by atoms with Gasteiger partial charge in [-0.2, -0.15) is 0 Å². The van der Waals surface area contributed by atoms with Gasteiger partial charge in [0.25, 0.3) is 5.91 Å². The Balaban J connectivity index is 1.31. The lowest BCUT2D eigenvalue weighted by atomic mass is 10.0. The molecule has 0 spiro atoms. The van der Waals surface area contributed by atoms with Crippen LogP contribution in [0.25, 0.3) is 10.6 Å². The first-order valence-corrected chi connectivity index (χ1v) is 12.5. The normalized spacial score (nSPS) is 16.8. The van der Waals surface area contributed by atoms with Gasteiger partial charge in [0.1, 0.15) is 9.88 Å². The quantitative estimate of drug-likeness (QED) is 0.450. The molecule has 3 aromatic rings. The highest BCUT2D eigenvalue weighted by Crippen LogP contribution is 2.28. The Morgan fingerprint density at radius 2 is 1.84 bits per heavy atom. The van der Waals surface area contributed by atoms with Crippen LogP contribution in [0.5, 0.6) is 0 Å². The van der Waals surface area contributed by atoms with Crippen LogP contribution in [0.3, 0.4) is 0 Å². The van der Waals surface area contributed by atoms with Gasteiger partial charge in [-0.1, -0.05) is 61.0 Å². The van der Waals surface area contributed by atoms with Crippen molar-refractivity contribution in [2.45, 2.75) is 52.0 Å². The average Bonchev–Trinajstić information content (AvgIpc) is 3.20. The van der Waals surface area contributed by atoms with Crippen molar-refractivity contribution in [1.29, 1.82) is 0 Å². The van der Waals surface area contributed by atoms with Crippen molar-refractivity contribution in [2.75, 3.05) is 19.6 Å². The third-order valence-corrected chi connectivity index (χ3v) is 7.51. The highest BCUT2D eigenvalue weighted by Gasteiger charge is 2.18. The number of thiazole rings is 1. The van der Waals surface area contributed by atoms with E-state index in [1.165, 1.54) is 48.3 Å². The third kappa shape index (κ3) is 5.84. The van der Waals surface area contributed by atoms with E-state index >= 15 is 0 Å². The van der Waals surface area contributed by atoms with Crippen LogP contribution in [0.2, 0.25) is 0 Å². The van der Waals surface area contributed by atoms with Gasteiger partial charge in [0.15, 0.2) is 0 Å². The number of hydrogen-bond acceptors (Lipinski definition) is 4. The molecule has 5 heteroatoms. The molecule has 1 unspecified atom stereocenters. The van der Waals surface area contributed by atoms with Crippen molar-refractivity contribution in [3.05, 3.63) is 76.3 Å². The van der Waals surface area contributed by atoms with Crippen molar-refractivity contribution in [3.8, 4) is 10.6 Å². The molecule has 0 bridgehead atoms. The molecule has 4 nitrogen and oxygen atoms in total. The first-order valence-electron chi connectivity index (χ1n) is 11.7.